The van der Waals surface area contributed by atoms with Gasteiger partial charge in [0, 0.05) is 12.2 Å². The van der Waals surface area contributed by atoms with Gasteiger partial charge in [0.15, 0.2) is 0 Å². The van der Waals surface area contributed by atoms with Crippen LogP contribution in [0.5, 0.6) is 0 Å². The number of hydrogen-bond acceptors (Lipinski definition) is 1. The lowest BCUT2D eigenvalue weighted by Crippen LogP contribution is -2.20. The van der Waals surface area contributed by atoms with Crippen molar-refractivity contribution in [1.29, 1.82) is 0 Å². The van der Waals surface area contributed by atoms with E-state index < -0.39 is 11.6 Å². The van der Waals surface area contributed by atoms with Gasteiger partial charge in [0.25, 0.3) is 0 Å². The molecule has 32 heavy (non-hydrogen) atoms. The van der Waals surface area contributed by atoms with Crippen molar-refractivity contribution in [2.24, 2.45) is 0 Å². The maximum atomic E-state index is 14.9. The van der Waals surface area contributed by atoms with Crippen LogP contribution in [-0.2, 0) is 11.2 Å². The minimum atomic E-state index is -0.471. The second kappa shape index (κ2) is 10.4. The molecule has 0 aliphatic heterocycles. The molecule has 1 atom stereocenters. The van der Waals surface area contributed by atoms with E-state index in [0.717, 1.165) is 43.4 Å². The average Bonchev–Trinajstić information content (AvgIpc) is 2.82. The maximum Gasteiger partial charge on any atom is 0.129 e. The van der Waals surface area contributed by atoms with Crippen molar-refractivity contribution in [2.45, 2.75) is 63.9 Å². The zero-order valence-corrected chi connectivity index (χ0v) is 19.0. The summed E-state index contributed by atoms with van der Waals surface area (Å²) in [6, 6.07) is 21.0. The third kappa shape index (κ3) is 5.27. The molecule has 0 heterocycles. The average molecular weight is 435 g/mol. The molecule has 3 heteroatoms. The molecule has 0 radical (unpaired) electrons. The highest BCUT2D eigenvalue weighted by molar-refractivity contribution is 5.64. The van der Waals surface area contributed by atoms with Gasteiger partial charge >= 0.3 is 0 Å². The highest BCUT2D eigenvalue weighted by Crippen LogP contribution is 2.35. The van der Waals surface area contributed by atoms with Crippen LogP contribution in [-0.4, -0.2) is 12.7 Å². The molecule has 1 nitrogen and oxygen atoms in total. The first-order valence-corrected chi connectivity index (χ1v) is 11.8. The molecule has 0 saturated heterocycles. The van der Waals surface area contributed by atoms with Gasteiger partial charge in [-0.3, -0.25) is 0 Å². The van der Waals surface area contributed by atoms with Crippen molar-refractivity contribution in [3.63, 3.8) is 0 Å². The van der Waals surface area contributed by atoms with Crippen molar-refractivity contribution in [2.75, 3.05) is 6.61 Å². The Balaban J connectivity index is 1.46. The minimum Gasteiger partial charge on any atom is -0.379 e. The van der Waals surface area contributed by atoms with Crippen molar-refractivity contribution in [3.05, 3.63) is 95.1 Å². The summed E-state index contributed by atoms with van der Waals surface area (Å²) in [5.41, 5.74) is 3.98. The summed E-state index contributed by atoms with van der Waals surface area (Å²) in [5, 5.41) is 0. The Labute approximate surface area is 190 Å². The van der Waals surface area contributed by atoms with Gasteiger partial charge in [-0.15, -0.1) is 0 Å². The van der Waals surface area contributed by atoms with Gasteiger partial charge in [0.1, 0.15) is 11.6 Å². The van der Waals surface area contributed by atoms with Gasteiger partial charge < -0.3 is 4.74 Å². The summed E-state index contributed by atoms with van der Waals surface area (Å²) in [7, 11) is 0. The van der Waals surface area contributed by atoms with E-state index in [2.05, 4.69) is 12.1 Å². The SMILES string of the molecule is CCOC1CCC(c2ccc(-c3cc(F)c(C[C@@H](C)c4ccccc4)c(F)c3)cc2)CC1. The Hall–Kier alpha value is -2.52. The Bertz CT molecular complexity index is 982. The number of hydrogen-bond donors (Lipinski definition) is 0. The van der Waals surface area contributed by atoms with E-state index >= 15 is 0 Å². The zero-order valence-electron chi connectivity index (χ0n) is 19.0. The molecule has 1 fully saturated rings. The Kier molecular flexibility index (Phi) is 7.36. The van der Waals surface area contributed by atoms with Gasteiger partial charge in [0.05, 0.1) is 6.10 Å². The van der Waals surface area contributed by atoms with Crippen LogP contribution in [0, 0.1) is 11.6 Å². The van der Waals surface area contributed by atoms with Crippen LogP contribution in [0.25, 0.3) is 11.1 Å². The van der Waals surface area contributed by atoms with Crippen molar-refractivity contribution >= 4 is 0 Å². The summed E-state index contributed by atoms with van der Waals surface area (Å²) < 4.78 is 35.5. The normalized spacial score (nSPS) is 19.6. The molecule has 0 N–H and O–H groups in total. The van der Waals surface area contributed by atoms with E-state index in [9.17, 15) is 8.78 Å². The second-order valence-electron chi connectivity index (χ2n) is 8.99. The molecule has 3 aromatic carbocycles. The highest BCUT2D eigenvalue weighted by Gasteiger charge is 2.22. The van der Waals surface area contributed by atoms with Crippen LogP contribution >= 0.6 is 0 Å². The first kappa shape index (κ1) is 22.7. The molecule has 4 rings (SSSR count). The second-order valence-corrected chi connectivity index (χ2v) is 8.99. The summed E-state index contributed by atoms with van der Waals surface area (Å²) in [4.78, 5) is 0. The molecule has 1 saturated carbocycles. The quantitative estimate of drug-likeness (QED) is 0.366. The molecular formula is C29H32F2O. The van der Waals surface area contributed by atoms with Crippen molar-refractivity contribution in [1.82, 2.24) is 0 Å². The van der Waals surface area contributed by atoms with E-state index in [1.54, 1.807) is 0 Å². The smallest absolute Gasteiger partial charge is 0.129 e. The Morgan fingerprint density at radius 1 is 0.844 bits per heavy atom. The first-order chi connectivity index (χ1) is 15.5. The summed E-state index contributed by atoms with van der Waals surface area (Å²) in [6.45, 7) is 4.83. The summed E-state index contributed by atoms with van der Waals surface area (Å²) >= 11 is 0. The lowest BCUT2D eigenvalue weighted by atomic mass is 9.82. The standard InChI is InChI=1S/C29H32F2O/c1-3-32-26-15-13-23(14-16-26)22-9-11-24(12-10-22)25-18-28(30)27(29(31)19-25)17-20(2)21-7-5-4-6-8-21/h4-12,18-20,23,26H,3,13-17H2,1-2H3/t20-,23?,26?/m1/s1. The summed E-state index contributed by atoms with van der Waals surface area (Å²) in [6.07, 6.45) is 5.18. The molecule has 3 aromatic rings. The molecule has 0 bridgehead atoms. The Morgan fingerprint density at radius 2 is 1.47 bits per heavy atom. The number of ether oxygens (including phenoxy) is 1. The van der Waals surface area contributed by atoms with Gasteiger partial charge in [-0.05, 0) is 85.3 Å². The monoisotopic (exact) mass is 434 g/mol. The van der Waals surface area contributed by atoms with Crippen LogP contribution in [0.4, 0.5) is 8.78 Å². The van der Waals surface area contributed by atoms with E-state index in [1.807, 2.05) is 56.3 Å². The molecule has 0 spiro atoms. The Morgan fingerprint density at radius 3 is 2.06 bits per heavy atom. The predicted octanol–water partition coefficient (Wildman–Crippen LogP) is 8.04. The van der Waals surface area contributed by atoms with Crippen LogP contribution in [0.1, 0.15) is 68.1 Å². The van der Waals surface area contributed by atoms with Gasteiger partial charge in [-0.2, -0.15) is 0 Å². The van der Waals surface area contributed by atoms with E-state index in [-0.39, 0.29) is 11.5 Å². The third-order valence-electron chi connectivity index (χ3n) is 6.81. The highest BCUT2D eigenvalue weighted by atomic mass is 19.1. The molecular weight excluding hydrogens is 402 g/mol. The number of benzene rings is 3. The molecule has 1 aliphatic carbocycles. The fourth-order valence-corrected chi connectivity index (χ4v) is 4.92. The van der Waals surface area contributed by atoms with Gasteiger partial charge in [-0.1, -0.05) is 61.5 Å². The molecule has 0 unspecified atom stereocenters. The fourth-order valence-electron chi connectivity index (χ4n) is 4.92. The zero-order chi connectivity index (χ0) is 22.5. The topological polar surface area (TPSA) is 9.23 Å². The largest absolute Gasteiger partial charge is 0.379 e. The fraction of sp³-hybridized carbons (Fsp3) is 0.379. The third-order valence-corrected chi connectivity index (χ3v) is 6.81. The molecule has 0 amide bonds. The number of halogens is 2. The van der Waals surface area contributed by atoms with E-state index in [0.29, 0.717) is 24.0 Å². The van der Waals surface area contributed by atoms with Crippen molar-refractivity contribution in [3.8, 4) is 11.1 Å². The minimum absolute atomic E-state index is 0.0446. The van der Waals surface area contributed by atoms with E-state index in [1.165, 1.54) is 17.7 Å². The van der Waals surface area contributed by atoms with Crippen LogP contribution in [0.2, 0.25) is 0 Å². The molecule has 168 valence electrons. The van der Waals surface area contributed by atoms with Crippen LogP contribution in [0.15, 0.2) is 66.7 Å². The number of rotatable bonds is 7. The molecule has 1 aliphatic rings. The first-order valence-electron chi connectivity index (χ1n) is 11.8. The summed E-state index contributed by atoms with van der Waals surface area (Å²) in [5.74, 6) is -0.360. The van der Waals surface area contributed by atoms with Crippen molar-refractivity contribution < 1.29 is 13.5 Å². The van der Waals surface area contributed by atoms with Crippen LogP contribution < -0.4 is 0 Å². The predicted molar refractivity (Wildman–Crippen MR) is 127 cm³/mol. The molecule has 0 aromatic heterocycles. The lowest BCUT2D eigenvalue weighted by Gasteiger charge is -2.28. The van der Waals surface area contributed by atoms with Gasteiger partial charge in [-0.25, -0.2) is 8.78 Å². The maximum absolute atomic E-state index is 14.9. The lowest BCUT2D eigenvalue weighted by molar-refractivity contribution is 0.0328. The van der Waals surface area contributed by atoms with E-state index in [4.69, 9.17) is 4.74 Å². The van der Waals surface area contributed by atoms with Crippen LogP contribution in [0.3, 0.4) is 0 Å². The van der Waals surface area contributed by atoms with Gasteiger partial charge in [0.2, 0.25) is 0 Å².